The summed E-state index contributed by atoms with van der Waals surface area (Å²) in [5.74, 6) is -2.35. The van der Waals surface area contributed by atoms with E-state index in [-0.39, 0.29) is 38.6 Å². The van der Waals surface area contributed by atoms with Gasteiger partial charge in [-0.1, -0.05) is 327 Å². The van der Waals surface area contributed by atoms with Crippen molar-refractivity contribution in [2.24, 2.45) is 0 Å². The Bertz CT molecular complexity index is 2660. The van der Waals surface area contributed by atoms with Crippen molar-refractivity contribution >= 4 is 17.9 Å². The highest BCUT2D eigenvalue weighted by atomic mass is 16.7. The monoisotopic (exact) mass is 1410 g/mol. The lowest BCUT2D eigenvalue weighted by molar-refractivity contribution is -0.870. The zero-order chi connectivity index (χ0) is 74.6. The number of esters is 2. The molecule has 572 valence electrons. The summed E-state index contributed by atoms with van der Waals surface area (Å²) >= 11 is 0. The second-order valence-electron chi connectivity index (χ2n) is 26.5. The largest absolute Gasteiger partial charge is 0.545 e. The summed E-state index contributed by atoms with van der Waals surface area (Å²) < 4.78 is 22.8. The quantitative estimate of drug-likeness (QED) is 0.0195. The maximum atomic E-state index is 13.0. The molecule has 9 heteroatoms. The number of carbonyl (C=O) groups is 3. The van der Waals surface area contributed by atoms with Gasteiger partial charge in [0.05, 0.1) is 40.3 Å². The van der Waals surface area contributed by atoms with Gasteiger partial charge < -0.3 is 33.3 Å². The number of aliphatic carboxylic acids is 1. The maximum absolute atomic E-state index is 13.0. The molecule has 0 amide bonds. The minimum absolute atomic E-state index is 0.128. The van der Waals surface area contributed by atoms with Gasteiger partial charge in [-0.15, -0.1) is 0 Å². The number of carboxylic acid groups (broad SMARTS) is 1. The van der Waals surface area contributed by atoms with Gasteiger partial charge in [0.1, 0.15) is 13.2 Å². The van der Waals surface area contributed by atoms with Crippen molar-refractivity contribution in [3.05, 3.63) is 255 Å². The average molecular weight is 1420 g/mol. The molecule has 0 heterocycles. The zero-order valence-corrected chi connectivity index (χ0v) is 65.3. The van der Waals surface area contributed by atoms with Crippen LogP contribution in [0.2, 0.25) is 0 Å². The highest BCUT2D eigenvalue weighted by Gasteiger charge is 2.22. The number of rotatable bonds is 70. The van der Waals surface area contributed by atoms with E-state index in [0.29, 0.717) is 23.9 Å². The SMILES string of the molecule is CC/C=C\C/C=C\C/C=C\C/C=C\C/C=C\C/C=C\C/C=C\C/C=C\C/C=C\C/C=C\C/C=C\CCCCCCCC(=O)OC(COC(=O)CCCCCCCCCC/C=C\C/C=C\C/C=C\C/C=C\C/C=C\C/C=C\C/C=C\C/C=C\C/C=C\C/C=C\CC)COC(OCC[N+](C)(C)C)C(=O)[O-]. The Hall–Kier alpha value is -7.17. The predicted molar refractivity (Wildman–Crippen MR) is 443 cm³/mol. The lowest BCUT2D eigenvalue weighted by atomic mass is 10.1. The summed E-state index contributed by atoms with van der Waals surface area (Å²) in [6.45, 7) is 4.45. The van der Waals surface area contributed by atoms with Gasteiger partial charge in [-0.25, -0.2) is 0 Å². The molecule has 0 radical (unpaired) electrons. The Labute approximate surface area is 630 Å². The minimum atomic E-state index is -1.65. The molecule has 2 atom stereocenters. The molecule has 0 aliphatic heterocycles. The van der Waals surface area contributed by atoms with Crippen LogP contribution in [0.15, 0.2) is 255 Å². The first-order chi connectivity index (χ1) is 50.6. The van der Waals surface area contributed by atoms with E-state index in [9.17, 15) is 19.5 Å². The molecule has 0 rings (SSSR count). The molecule has 0 bridgehead atoms. The molecule has 0 aliphatic carbocycles. The number of carbonyl (C=O) groups excluding carboxylic acids is 3. The van der Waals surface area contributed by atoms with Crippen LogP contribution < -0.4 is 5.11 Å². The molecule has 0 N–H and O–H groups in total. The van der Waals surface area contributed by atoms with Crippen molar-refractivity contribution in [3.8, 4) is 0 Å². The number of quaternary nitrogens is 1. The summed E-state index contributed by atoms with van der Waals surface area (Å²) in [5.41, 5.74) is 0. The van der Waals surface area contributed by atoms with Gasteiger partial charge in [0.25, 0.3) is 0 Å². The number of ether oxygens (including phenoxy) is 4. The molecular formula is C94H143NO8. The highest BCUT2D eigenvalue weighted by Crippen LogP contribution is 2.14. The van der Waals surface area contributed by atoms with E-state index in [1.807, 2.05) is 21.1 Å². The molecular weight excluding hydrogens is 1270 g/mol. The van der Waals surface area contributed by atoms with E-state index in [2.05, 4.69) is 269 Å². The predicted octanol–water partition coefficient (Wildman–Crippen LogP) is 24.8. The van der Waals surface area contributed by atoms with Gasteiger partial charge in [-0.2, -0.15) is 0 Å². The fourth-order valence-electron chi connectivity index (χ4n) is 9.80. The van der Waals surface area contributed by atoms with E-state index in [4.69, 9.17) is 18.9 Å². The Balaban J connectivity index is 4.24. The normalized spacial score (nSPS) is 14.1. The number of nitrogens with zero attached hydrogens (tertiary/aromatic N) is 1. The average Bonchev–Trinajstić information content (AvgIpc) is 0.985. The van der Waals surface area contributed by atoms with Gasteiger partial charge in [0, 0.05) is 12.8 Å². The number of hydrogen-bond donors (Lipinski definition) is 0. The van der Waals surface area contributed by atoms with E-state index in [1.54, 1.807) is 0 Å². The Morgan fingerprint density at radius 1 is 0.291 bits per heavy atom. The Morgan fingerprint density at radius 3 is 0.777 bits per heavy atom. The van der Waals surface area contributed by atoms with E-state index in [0.717, 1.165) is 193 Å². The third kappa shape index (κ3) is 82.0. The molecule has 2 unspecified atom stereocenters. The third-order valence-electron chi connectivity index (χ3n) is 15.8. The van der Waals surface area contributed by atoms with Crippen LogP contribution in [0, 0.1) is 0 Å². The van der Waals surface area contributed by atoms with Crippen molar-refractivity contribution in [2.45, 2.75) is 270 Å². The standard InChI is InChI=1S/C94H143NO8/c1-6-8-10-12-14-16-18-20-22-24-26-28-30-32-34-36-38-40-42-44-46-48-50-52-54-56-58-60-62-64-66-68-70-72-74-76-78-80-82-84-91(96)101-88-90(89-102-94(93(98)99)100-87-86-95(3,4)5)103-92(97)85-83-81-79-77-75-73-71-69-67-65-63-61-59-57-55-53-51-49-47-45-43-41-39-37-35-33-31-29-27-25-23-21-19-17-15-13-11-9-7-2/h8-11,14-17,20-23,26-29,32-35,38-41,44-47,50-53,56-59,62-65,69,71,90,94H,6-7,12-13,18-19,24-25,30-31,36-37,42-43,48-49,54-55,60-61,66-68,70,72-89H2,1-5H3/b10-8-,11-9-,16-14-,17-15-,22-20-,23-21-,28-26-,29-27-,34-32-,35-33-,40-38-,41-39-,46-44-,47-45-,52-50-,53-51-,58-56-,59-57-,64-62-,65-63-,71-69-. The second kappa shape index (κ2) is 80.5. The number of allylic oxidation sites excluding steroid dienone is 42. The van der Waals surface area contributed by atoms with Crippen LogP contribution in [0.25, 0.3) is 0 Å². The van der Waals surface area contributed by atoms with Crippen molar-refractivity contribution in [1.29, 1.82) is 0 Å². The maximum Gasteiger partial charge on any atom is 0.306 e. The van der Waals surface area contributed by atoms with Crippen LogP contribution in [0.1, 0.15) is 258 Å². The van der Waals surface area contributed by atoms with Crippen LogP contribution in [-0.4, -0.2) is 82.3 Å². The molecule has 0 aromatic carbocycles. The molecule has 0 saturated carbocycles. The minimum Gasteiger partial charge on any atom is -0.545 e. The number of carboxylic acids is 1. The van der Waals surface area contributed by atoms with Gasteiger partial charge in [-0.3, -0.25) is 9.59 Å². The van der Waals surface area contributed by atoms with E-state index in [1.165, 1.54) is 25.7 Å². The first kappa shape index (κ1) is 95.8. The first-order valence-corrected chi connectivity index (χ1v) is 39.8. The van der Waals surface area contributed by atoms with Crippen LogP contribution >= 0.6 is 0 Å². The lowest BCUT2D eigenvalue weighted by Crippen LogP contribution is -2.44. The molecule has 0 saturated heterocycles. The van der Waals surface area contributed by atoms with Crippen LogP contribution in [0.5, 0.6) is 0 Å². The Morgan fingerprint density at radius 2 is 0.524 bits per heavy atom. The fraction of sp³-hybridized carbons (Fsp3) is 0.521. The molecule has 0 aromatic heterocycles. The summed E-state index contributed by atoms with van der Waals surface area (Å²) in [5, 5.41) is 11.9. The van der Waals surface area contributed by atoms with E-state index < -0.39 is 24.3 Å². The summed E-state index contributed by atoms with van der Waals surface area (Å²) in [7, 11) is 5.90. The topological polar surface area (TPSA) is 111 Å². The van der Waals surface area contributed by atoms with Gasteiger partial charge >= 0.3 is 11.9 Å². The molecule has 9 nitrogen and oxygen atoms in total. The number of likely N-dealkylation sites (N-methyl/N-ethyl adjacent to an activating group) is 1. The Kier molecular flexibility index (Phi) is 74.9. The smallest absolute Gasteiger partial charge is 0.306 e. The lowest BCUT2D eigenvalue weighted by Gasteiger charge is -2.26. The van der Waals surface area contributed by atoms with Crippen molar-refractivity contribution in [1.82, 2.24) is 0 Å². The molecule has 103 heavy (non-hydrogen) atoms. The molecule has 0 fully saturated rings. The highest BCUT2D eigenvalue weighted by molar-refractivity contribution is 5.70. The molecule has 0 aromatic rings. The second-order valence-corrected chi connectivity index (χ2v) is 26.5. The first-order valence-electron chi connectivity index (χ1n) is 39.8. The third-order valence-corrected chi connectivity index (χ3v) is 15.8. The van der Waals surface area contributed by atoms with Crippen LogP contribution in [-0.2, 0) is 33.3 Å². The zero-order valence-electron chi connectivity index (χ0n) is 65.3. The van der Waals surface area contributed by atoms with E-state index >= 15 is 0 Å². The number of unbranched alkanes of at least 4 members (excludes halogenated alkanes) is 13. The van der Waals surface area contributed by atoms with Crippen molar-refractivity contribution < 1.29 is 42.9 Å². The summed E-state index contributed by atoms with van der Waals surface area (Å²) in [6, 6.07) is 0. The van der Waals surface area contributed by atoms with Crippen molar-refractivity contribution in [2.75, 3.05) is 47.5 Å². The summed E-state index contributed by atoms with van der Waals surface area (Å²) in [6.07, 6.45) is 128. The summed E-state index contributed by atoms with van der Waals surface area (Å²) in [4.78, 5) is 37.6. The van der Waals surface area contributed by atoms with Gasteiger partial charge in [0.15, 0.2) is 12.4 Å². The van der Waals surface area contributed by atoms with Crippen molar-refractivity contribution in [3.63, 3.8) is 0 Å². The number of hydrogen-bond acceptors (Lipinski definition) is 8. The van der Waals surface area contributed by atoms with Gasteiger partial charge in [-0.05, 0) is 173 Å². The van der Waals surface area contributed by atoms with Gasteiger partial charge in [0.2, 0.25) is 0 Å². The van der Waals surface area contributed by atoms with Crippen LogP contribution in [0.3, 0.4) is 0 Å². The molecule has 0 spiro atoms. The molecule has 0 aliphatic rings. The fourth-order valence-corrected chi connectivity index (χ4v) is 9.80. The van der Waals surface area contributed by atoms with Crippen LogP contribution in [0.4, 0.5) is 0 Å².